The van der Waals surface area contributed by atoms with Crippen LogP contribution >= 0.6 is 0 Å². The van der Waals surface area contributed by atoms with E-state index in [0.29, 0.717) is 31.5 Å². The molecule has 0 bridgehead atoms. The molecule has 2 aromatic rings. The first-order valence-electron chi connectivity index (χ1n) is 10.9. The molecule has 1 aromatic carbocycles. The van der Waals surface area contributed by atoms with Gasteiger partial charge in [0.05, 0.1) is 18.7 Å². The summed E-state index contributed by atoms with van der Waals surface area (Å²) in [4.78, 5) is 30.2. The van der Waals surface area contributed by atoms with Crippen LogP contribution in [-0.4, -0.2) is 74.0 Å². The van der Waals surface area contributed by atoms with Gasteiger partial charge in [-0.3, -0.25) is 9.59 Å². The van der Waals surface area contributed by atoms with Crippen molar-refractivity contribution in [3.05, 3.63) is 41.2 Å². The van der Waals surface area contributed by atoms with Crippen LogP contribution in [0.25, 0.3) is 0 Å². The zero-order chi connectivity index (χ0) is 22.2. The molecule has 4 atom stereocenters. The van der Waals surface area contributed by atoms with Gasteiger partial charge in [0.15, 0.2) is 0 Å². The van der Waals surface area contributed by atoms with Gasteiger partial charge < -0.3 is 14.5 Å². The molecule has 2 saturated heterocycles. The van der Waals surface area contributed by atoms with Gasteiger partial charge in [0, 0.05) is 18.7 Å². The lowest BCUT2D eigenvalue weighted by Gasteiger charge is -2.37. The van der Waals surface area contributed by atoms with Gasteiger partial charge in [0.25, 0.3) is 5.91 Å². The van der Waals surface area contributed by atoms with E-state index >= 15 is 0 Å². The average Bonchev–Trinajstić information content (AvgIpc) is 3.46. The van der Waals surface area contributed by atoms with Crippen molar-refractivity contribution in [3.63, 3.8) is 0 Å². The molecule has 1 aromatic heterocycles. The van der Waals surface area contributed by atoms with Crippen LogP contribution in [-0.2, 0) is 9.53 Å². The Balaban J connectivity index is 1.41. The van der Waals surface area contributed by atoms with Crippen molar-refractivity contribution in [1.29, 1.82) is 0 Å². The van der Waals surface area contributed by atoms with Gasteiger partial charge in [0.2, 0.25) is 11.7 Å². The number of amides is 2. The molecule has 32 heavy (non-hydrogen) atoms. The second-order valence-corrected chi connectivity index (χ2v) is 8.61. The standard InChI is InChI=1S/C21H24F2N6O3/c22-13-5-6-14(15(23)10-13)20(30)29-16-4-2-1-3-12(16)9-17(29)21(31)28-7-8-32-18(11-28)19-24-26-27-25-19/h5-6,10,12,16-18H,1-4,7-9,11H2,(H,24,25,26,27)/t12-,16-,17-,18?/m0/s1. The van der Waals surface area contributed by atoms with Gasteiger partial charge in [0.1, 0.15) is 23.8 Å². The van der Waals surface area contributed by atoms with Crippen LogP contribution in [0.15, 0.2) is 18.2 Å². The number of tetrazole rings is 1. The third-order valence-electron chi connectivity index (χ3n) is 6.80. The number of rotatable bonds is 3. The van der Waals surface area contributed by atoms with E-state index in [0.717, 1.165) is 37.8 Å². The van der Waals surface area contributed by atoms with Crippen LogP contribution in [0.2, 0.25) is 0 Å². The lowest BCUT2D eigenvalue weighted by molar-refractivity contribution is -0.143. The van der Waals surface area contributed by atoms with Gasteiger partial charge in [-0.15, -0.1) is 10.2 Å². The van der Waals surface area contributed by atoms with E-state index in [1.165, 1.54) is 0 Å². The van der Waals surface area contributed by atoms with Crippen LogP contribution in [0, 0.1) is 17.6 Å². The molecular weight excluding hydrogens is 422 g/mol. The minimum absolute atomic E-state index is 0.122. The molecule has 1 saturated carbocycles. The van der Waals surface area contributed by atoms with Crippen molar-refractivity contribution < 1.29 is 23.1 Å². The summed E-state index contributed by atoms with van der Waals surface area (Å²) >= 11 is 0. The number of carbonyl (C=O) groups excluding carboxylic acids is 2. The highest BCUT2D eigenvalue weighted by Crippen LogP contribution is 2.41. The molecule has 0 spiro atoms. The number of morpholine rings is 1. The van der Waals surface area contributed by atoms with E-state index in [1.54, 1.807) is 9.80 Å². The zero-order valence-corrected chi connectivity index (χ0v) is 17.4. The van der Waals surface area contributed by atoms with Gasteiger partial charge in [-0.05, 0) is 37.3 Å². The highest BCUT2D eigenvalue weighted by Gasteiger charge is 2.49. The number of aromatic nitrogens is 4. The monoisotopic (exact) mass is 446 g/mol. The Morgan fingerprint density at radius 1 is 1.19 bits per heavy atom. The highest BCUT2D eigenvalue weighted by molar-refractivity contribution is 5.98. The molecule has 1 N–H and O–H groups in total. The average molecular weight is 446 g/mol. The quantitative estimate of drug-likeness (QED) is 0.772. The summed E-state index contributed by atoms with van der Waals surface area (Å²) in [6.45, 7) is 0.939. The van der Waals surface area contributed by atoms with Crippen molar-refractivity contribution in [2.75, 3.05) is 19.7 Å². The lowest BCUT2D eigenvalue weighted by atomic mass is 9.84. The zero-order valence-electron chi connectivity index (χ0n) is 17.4. The number of nitrogens with one attached hydrogen (secondary N) is 1. The van der Waals surface area contributed by atoms with Gasteiger partial charge in [-0.1, -0.05) is 18.1 Å². The van der Waals surface area contributed by atoms with Crippen LogP contribution in [0.5, 0.6) is 0 Å². The van der Waals surface area contributed by atoms with Crippen LogP contribution in [0.1, 0.15) is 54.4 Å². The molecule has 2 aliphatic heterocycles. The number of aromatic amines is 1. The molecule has 2 amide bonds. The molecule has 3 aliphatic rings. The van der Waals surface area contributed by atoms with E-state index in [4.69, 9.17) is 4.74 Å². The fourth-order valence-electron chi connectivity index (χ4n) is 5.30. The summed E-state index contributed by atoms with van der Waals surface area (Å²) < 4.78 is 33.5. The second kappa shape index (κ2) is 8.53. The maximum absolute atomic E-state index is 14.4. The predicted octanol–water partition coefficient (Wildman–Crippen LogP) is 1.85. The summed E-state index contributed by atoms with van der Waals surface area (Å²) in [5.41, 5.74) is -0.206. The molecule has 11 heteroatoms. The number of carbonyl (C=O) groups is 2. The molecule has 9 nitrogen and oxygen atoms in total. The summed E-state index contributed by atoms with van der Waals surface area (Å²) in [5, 5.41) is 13.8. The van der Waals surface area contributed by atoms with E-state index in [2.05, 4.69) is 20.6 Å². The van der Waals surface area contributed by atoms with Crippen molar-refractivity contribution >= 4 is 11.8 Å². The van der Waals surface area contributed by atoms with Crippen molar-refractivity contribution in [1.82, 2.24) is 30.4 Å². The molecule has 3 fully saturated rings. The Bertz CT molecular complexity index is 1000. The van der Waals surface area contributed by atoms with Crippen molar-refractivity contribution in [2.24, 2.45) is 5.92 Å². The molecule has 1 unspecified atom stereocenters. The van der Waals surface area contributed by atoms with Crippen LogP contribution in [0.4, 0.5) is 8.78 Å². The first kappa shape index (κ1) is 20.9. The molecule has 1 aliphatic carbocycles. The van der Waals surface area contributed by atoms with Crippen LogP contribution < -0.4 is 0 Å². The SMILES string of the molecule is O=C([C@@H]1C[C@@H]2CCCC[C@@H]2N1C(=O)c1ccc(F)cc1F)N1CCOC(c2nn[nH]n2)C1. The Morgan fingerprint density at radius 2 is 2.03 bits per heavy atom. The Hall–Kier alpha value is -2.95. The third kappa shape index (κ3) is 3.74. The molecule has 0 radical (unpaired) electrons. The smallest absolute Gasteiger partial charge is 0.257 e. The minimum atomic E-state index is -0.913. The third-order valence-corrected chi connectivity index (χ3v) is 6.80. The predicted molar refractivity (Wildman–Crippen MR) is 106 cm³/mol. The first-order valence-corrected chi connectivity index (χ1v) is 10.9. The van der Waals surface area contributed by atoms with E-state index in [9.17, 15) is 18.4 Å². The summed E-state index contributed by atoms with van der Waals surface area (Å²) in [6, 6.07) is 2.12. The lowest BCUT2D eigenvalue weighted by Crippen LogP contribution is -2.53. The second-order valence-electron chi connectivity index (χ2n) is 8.61. The molecular formula is C21H24F2N6O3. The number of nitrogens with zero attached hydrogens (tertiary/aromatic N) is 5. The Kier molecular flexibility index (Phi) is 5.58. The Morgan fingerprint density at radius 3 is 2.81 bits per heavy atom. The van der Waals surface area contributed by atoms with Crippen molar-refractivity contribution in [2.45, 2.75) is 50.3 Å². The summed E-state index contributed by atoms with van der Waals surface area (Å²) in [6.07, 6.45) is 3.74. The van der Waals surface area contributed by atoms with Crippen LogP contribution in [0.3, 0.4) is 0 Å². The number of ether oxygens (including phenoxy) is 1. The fraction of sp³-hybridized carbons (Fsp3) is 0.571. The van der Waals surface area contributed by atoms with Gasteiger partial charge in [-0.25, -0.2) is 8.78 Å². The number of H-pyrrole nitrogens is 1. The minimum Gasteiger partial charge on any atom is -0.366 e. The number of hydrogen-bond acceptors (Lipinski definition) is 6. The van der Waals surface area contributed by atoms with Gasteiger partial charge in [-0.2, -0.15) is 5.21 Å². The fourth-order valence-corrected chi connectivity index (χ4v) is 5.30. The number of hydrogen-bond donors (Lipinski definition) is 1. The molecule has 3 heterocycles. The summed E-state index contributed by atoms with van der Waals surface area (Å²) in [7, 11) is 0. The number of halogens is 2. The van der Waals surface area contributed by atoms with Gasteiger partial charge >= 0.3 is 0 Å². The normalized spacial score (nSPS) is 27.9. The maximum atomic E-state index is 14.4. The number of likely N-dealkylation sites (tertiary alicyclic amines) is 1. The number of benzene rings is 1. The summed E-state index contributed by atoms with van der Waals surface area (Å²) in [5.74, 6) is -1.85. The number of fused-ring (bicyclic) bond motifs is 1. The molecule has 5 rings (SSSR count). The maximum Gasteiger partial charge on any atom is 0.257 e. The Labute approximate surface area is 183 Å². The largest absolute Gasteiger partial charge is 0.366 e. The topological polar surface area (TPSA) is 104 Å². The van der Waals surface area contributed by atoms with Crippen molar-refractivity contribution in [3.8, 4) is 0 Å². The molecule has 170 valence electrons. The van der Waals surface area contributed by atoms with E-state index in [1.807, 2.05) is 0 Å². The highest BCUT2D eigenvalue weighted by atomic mass is 19.1. The van der Waals surface area contributed by atoms with E-state index in [-0.39, 0.29) is 30.0 Å². The van der Waals surface area contributed by atoms with E-state index < -0.39 is 29.7 Å². The first-order chi connectivity index (χ1) is 15.5.